The largest absolute Gasteiger partial charge is 0.343 e. The molecular formula is C11H17N5. The van der Waals surface area contributed by atoms with E-state index < -0.39 is 0 Å². The van der Waals surface area contributed by atoms with Crippen LogP contribution in [0.5, 0.6) is 0 Å². The fourth-order valence-corrected chi connectivity index (χ4v) is 1.62. The summed E-state index contributed by atoms with van der Waals surface area (Å²) >= 11 is 0. The van der Waals surface area contributed by atoms with Gasteiger partial charge in [0.15, 0.2) is 5.82 Å². The molecule has 0 aromatic carbocycles. The maximum absolute atomic E-state index is 4.08. The van der Waals surface area contributed by atoms with Crippen molar-refractivity contribution >= 4 is 0 Å². The maximum Gasteiger partial charge on any atom is 0.152 e. The third-order valence-electron chi connectivity index (χ3n) is 2.60. The van der Waals surface area contributed by atoms with Gasteiger partial charge < -0.3 is 14.5 Å². The van der Waals surface area contributed by atoms with Crippen molar-refractivity contribution in [3.05, 3.63) is 36.2 Å². The van der Waals surface area contributed by atoms with Gasteiger partial charge in [0.05, 0.1) is 6.54 Å². The highest BCUT2D eigenvalue weighted by molar-refractivity contribution is 5.08. The molecule has 0 unspecified atom stereocenters. The summed E-state index contributed by atoms with van der Waals surface area (Å²) in [6, 6.07) is 4.18. The van der Waals surface area contributed by atoms with Crippen LogP contribution in [0.25, 0.3) is 0 Å². The van der Waals surface area contributed by atoms with Crippen molar-refractivity contribution < 1.29 is 0 Å². The summed E-state index contributed by atoms with van der Waals surface area (Å²) in [5.41, 5.74) is 1.27. The van der Waals surface area contributed by atoms with Crippen LogP contribution in [0.15, 0.2) is 24.7 Å². The number of aryl methyl sites for hydroxylation is 1. The Hall–Kier alpha value is -1.62. The van der Waals surface area contributed by atoms with Crippen molar-refractivity contribution in [3.63, 3.8) is 0 Å². The van der Waals surface area contributed by atoms with E-state index in [1.165, 1.54) is 5.69 Å². The van der Waals surface area contributed by atoms with Gasteiger partial charge in [-0.25, -0.2) is 0 Å². The second-order valence-electron chi connectivity index (χ2n) is 3.77. The Balaban J connectivity index is 2.09. The first kappa shape index (κ1) is 10.9. The first-order chi connectivity index (χ1) is 7.81. The summed E-state index contributed by atoms with van der Waals surface area (Å²) in [6.45, 7) is 4.75. The fraction of sp³-hybridized carbons (Fsp3) is 0.455. The molecule has 2 rings (SSSR count). The lowest BCUT2D eigenvalue weighted by Gasteiger charge is -2.08. The van der Waals surface area contributed by atoms with Crippen LogP contribution in [0.4, 0.5) is 0 Å². The van der Waals surface area contributed by atoms with Crippen molar-refractivity contribution in [1.29, 1.82) is 0 Å². The predicted molar refractivity (Wildman–Crippen MR) is 61.9 cm³/mol. The first-order valence-electron chi connectivity index (χ1n) is 5.49. The van der Waals surface area contributed by atoms with Gasteiger partial charge in [-0.3, -0.25) is 0 Å². The van der Waals surface area contributed by atoms with Gasteiger partial charge in [0.2, 0.25) is 0 Å². The Morgan fingerprint density at radius 2 is 2.31 bits per heavy atom. The zero-order valence-electron chi connectivity index (χ0n) is 9.72. The third kappa shape index (κ3) is 2.30. The van der Waals surface area contributed by atoms with E-state index in [-0.39, 0.29) is 0 Å². The third-order valence-corrected chi connectivity index (χ3v) is 2.60. The maximum atomic E-state index is 4.08. The summed E-state index contributed by atoms with van der Waals surface area (Å²) in [5, 5.41) is 11.3. The van der Waals surface area contributed by atoms with Crippen LogP contribution in [-0.2, 0) is 20.1 Å². The van der Waals surface area contributed by atoms with Crippen molar-refractivity contribution in [1.82, 2.24) is 24.6 Å². The average Bonchev–Trinajstić information content (AvgIpc) is 2.87. The minimum Gasteiger partial charge on any atom is -0.343 e. The highest BCUT2D eigenvalue weighted by atomic mass is 15.3. The van der Waals surface area contributed by atoms with Crippen LogP contribution >= 0.6 is 0 Å². The number of nitrogens with zero attached hydrogens (tertiary/aromatic N) is 4. The van der Waals surface area contributed by atoms with Gasteiger partial charge in [-0.2, -0.15) is 0 Å². The lowest BCUT2D eigenvalue weighted by Crippen LogP contribution is -2.16. The Bertz CT molecular complexity index is 443. The molecule has 0 aliphatic heterocycles. The molecule has 2 heterocycles. The number of aromatic nitrogens is 4. The van der Waals surface area contributed by atoms with Crippen molar-refractivity contribution in [2.45, 2.75) is 20.0 Å². The first-order valence-corrected chi connectivity index (χ1v) is 5.49. The molecule has 5 nitrogen and oxygen atoms in total. The quantitative estimate of drug-likeness (QED) is 0.808. The highest BCUT2D eigenvalue weighted by Crippen LogP contribution is 2.05. The zero-order valence-corrected chi connectivity index (χ0v) is 9.72. The van der Waals surface area contributed by atoms with E-state index in [2.05, 4.69) is 45.3 Å². The van der Waals surface area contributed by atoms with E-state index in [0.29, 0.717) is 0 Å². The highest BCUT2D eigenvalue weighted by Gasteiger charge is 2.04. The molecule has 5 heteroatoms. The van der Waals surface area contributed by atoms with E-state index in [1.807, 2.05) is 11.6 Å². The molecule has 2 aromatic heterocycles. The zero-order chi connectivity index (χ0) is 11.4. The molecule has 0 spiro atoms. The molecule has 16 heavy (non-hydrogen) atoms. The van der Waals surface area contributed by atoms with E-state index in [1.54, 1.807) is 6.33 Å². The molecule has 0 saturated carbocycles. The summed E-state index contributed by atoms with van der Waals surface area (Å²) in [6.07, 6.45) is 3.80. The summed E-state index contributed by atoms with van der Waals surface area (Å²) in [7, 11) is 1.96. The normalized spacial score (nSPS) is 10.9. The monoisotopic (exact) mass is 219 g/mol. The summed E-state index contributed by atoms with van der Waals surface area (Å²) in [5.74, 6) is 0.967. The Labute approximate surface area is 95.1 Å². The standard InChI is InChI=1S/C11H17N5/c1-3-12-7-10-5-4-6-16(10)8-11-14-13-9-15(11)2/h4-6,9,12H,3,7-8H2,1-2H3. The molecule has 0 bridgehead atoms. The van der Waals surface area contributed by atoms with E-state index in [0.717, 1.165) is 25.5 Å². The van der Waals surface area contributed by atoms with E-state index in [9.17, 15) is 0 Å². The second-order valence-corrected chi connectivity index (χ2v) is 3.77. The topological polar surface area (TPSA) is 47.7 Å². The molecule has 1 N–H and O–H groups in total. The molecule has 0 aliphatic carbocycles. The molecule has 86 valence electrons. The molecular weight excluding hydrogens is 202 g/mol. The van der Waals surface area contributed by atoms with Gasteiger partial charge in [0.25, 0.3) is 0 Å². The van der Waals surface area contributed by atoms with Crippen LogP contribution in [0, 0.1) is 0 Å². The van der Waals surface area contributed by atoms with Gasteiger partial charge >= 0.3 is 0 Å². The fourth-order valence-electron chi connectivity index (χ4n) is 1.62. The summed E-state index contributed by atoms with van der Waals surface area (Å²) < 4.78 is 4.13. The molecule has 0 aliphatic rings. The SMILES string of the molecule is CCNCc1cccn1Cc1nncn1C. The summed E-state index contributed by atoms with van der Waals surface area (Å²) in [4.78, 5) is 0. The Morgan fingerprint density at radius 1 is 1.44 bits per heavy atom. The molecule has 0 fully saturated rings. The van der Waals surface area contributed by atoms with E-state index in [4.69, 9.17) is 0 Å². The number of hydrogen-bond acceptors (Lipinski definition) is 3. The van der Waals surface area contributed by atoms with Crippen LogP contribution in [-0.4, -0.2) is 25.9 Å². The van der Waals surface area contributed by atoms with Crippen LogP contribution in [0.2, 0.25) is 0 Å². The van der Waals surface area contributed by atoms with Gasteiger partial charge in [-0.1, -0.05) is 6.92 Å². The molecule has 0 amide bonds. The molecule has 0 atom stereocenters. The Kier molecular flexibility index (Phi) is 3.36. The number of hydrogen-bond donors (Lipinski definition) is 1. The predicted octanol–water partition coefficient (Wildman–Crippen LogP) is 0.774. The van der Waals surface area contributed by atoms with Gasteiger partial charge in [-0.05, 0) is 18.7 Å². The van der Waals surface area contributed by atoms with Gasteiger partial charge in [0.1, 0.15) is 6.33 Å². The van der Waals surface area contributed by atoms with Crippen LogP contribution in [0.3, 0.4) is 0 Å². The lowest BCUT2D eigenvalue weighted by atomic mass is 10.4. The molecule has 2 aromatic rings. The Morgan fingerprint density at radius 3 is 3.00 bits per heavy atom. The number of rotatable bonds is 5. The van der Waals surface area contributed by atoms with Crippen LogP contribution < -0.4 is 5.32 Å². The minimum atomic E-state index is 0.768. The average molecular weight is 219 g/mol. The van der Waals surface area contributed by atoms with E-state index >= 15 is 0 Å². The van der Waals surface area contributed by atoms with Crippen molar-refractivity contribution in [2.24, 2.45) is 7.05 Å². The number of nitrogens with one attached hydrogen (secondary N) is 1. The van der Waals surface area contributed by atoms with Crippen molar-refractivity contribution in [2.75, 3.05) is 6.54 Å². The smallest absolute Gasteiger partial charge is 0.152 e. The van der Waals surface area contributed by atoms with Crippen molar-refractivity contribution in [3.8, 4) is 0 Å². The second kappa shape index (κ2) is 4.94. The van der Waals surface area contributed by atoms with Gasteiger partial charge in [-0.15, -0.1) is 10.2 Å². The van der Waals surface area contributed by atoms with Gasteiger partial charge in [0, 0.05) is 25.5 Å². The minimum absolute atomic E-state index is 0.768. The molecule has 0 saturated heterocycles. The lowest BCUT2D eigenvalue weighted by molar-refractivity contribution is 0.630. The molecule has 0 radical (unpaired) electrons. The van der Waals surface area contributed by atoms with Crippen LogP contribution in [0.1, 0.15) is 18.4 Å².